The molecule has 0 saturated carbocycles. The standard InChI is InChI=1S/C17H12BrN3O2/c18-15-10-14(23-21-15)11-6-8-13(9-7-11)17-20-19-16(22-17)12-4-2-1-3-5-12/h1-10,14,21H/t14-/m1/s1. The summed E-state index contributed by atoms with van der Waals surface area (Å²) in [7, 11) is 0. The summed E-state index contributed by atoms with van der Waals surface area (Å²) in [6, 6.07) is 17.6. The fraction of sp³-hybridized carbons (Fsp3) is 0.0588. The molecular formula is C17H12BrN3O2. The van der Waals surface area contributed by atoms with Crippen LogP contribution in [0.1, 0.15) is 11.7 Å². The normalized spacial score (nSPS) is 16.9. The molecule has 0 spiro atoms. The molecule has 1 aliphatic rings. The van der Waals surface area contributed by atoms with Crippen LogP contribution in [0, 0.1) is 0 Å². The Hall–Kier alpha value is -2.44. The summed E-state index contributed by atoms with van der Waals surface area (Å²) in [5.74, 6) is 1.01. The lowest BCUT2D eigenvalue weighted by atomic mass is 10.1. The number of hydroxylamine groups is 1. The number of halogens is 1. The van der Waals surface area contributed by atoms with Crippen molar-refractivity contribution in [2.45, 2.75) is 6.10 Å². The fourth-order valence-corrected chi connectivity index (χ4v) is 2.67. The first-order valence-corrected chi connectivity index (χ1v) is 7.87. The van der Waals surface area contributed by atoms with E-state index < -0.39 is 0 Å². The molecule has 0 radical (unpaired) electrons. The second kappa shape index (κ2) is 5.98. The van der Waals surface area contributed by atoms with Crippen molar-refractivity contribution in [2.24, 2.45) is 0 Å². The second-order valence-electron chi connectivity index (χ2n) is 5.06. The van der Waals surface area contributed by atoms with E-state index in [0.717, 1.165) is 21.3 Å². The number of hydrogen-bond donors (Lipinski definition) is 1. The Balaban J connectivity index is 1.58. The first-order valence-electron chi connectivity index (χ1n) is 7.08. The lowest BCUT2D eigenvalue weighted by molar-refractivity contribution is 0.0458. The number of aromatic nitrogens is 2. The molecule has 0 fully saturated rings. The van der Waals surface area contributed by atoms with E-state index >= 15 is 0 Å². The monoisotopic (exact) mass is 369 g/mol. The van der Waals surface area contributed by atoms with Gasteiger partial charge >= 0.3 is 0 Å². The summed E-state index contributed by atoms with van der Waals surface area (Å²) in [5.41, 5.74) is 5.59. The Labute approximate surface area is 141 Å². The molecule has 4 rings (SSSR count). The zero-order valence-corrected chi connectivity index (χ0v) is 13.5. The highest BCUT2D eigenvalue weighted by molar-refractivity contribution is 9.11. The van der Waals surface area contributed by atoms with Gasteiger partial charge in [-0.3, -0.25) is 10.3 Å². The van der Waals surface area contributed by atoms with Crippen LogP contribution in [0.5, 0.6) is 0 Å². The fourth-order valence-electron chi connectivity index (χ4n) is 2.34. The van der Waals surface area contributed by atoms with Crippen LogP contribution >= 0.6 is 15.9 Å². The van der Waals surface area contributed by atoms with E-state index in [1.54, 1.807) is 0 Å². The zero-order chi connectivity index (χ0) is 15.6. The molecule has 1 atom stereocenters. The molecule has 23 heavy (non-hydrogen) atoms. The first-order chi connectivity index (χ1) is 11.3. The Morgan fingerprint density at radius 2 is 1.52 bits per heavy atom. The van der Waals surface area contributed by atoms with Crippen LogP contribution in [0.25, 0.3) is 22.9 Å². The third kappa shape index (κ3) is 2.91. The minimum atomic E-state index is -0.110. The average molecular weight is 370 g/mol. The highest BCUT2D eigenvalue weighted by Crippen LogP contribution is 2.29. The van der Waals surface area contributed by atoms with Crippen molar-refractivity contribution in [1.29, 1.82) is 0 Å². The molecule has 1 aliphatic heterocycles. The highest BCUT2D eigenvalue weighted by Gasteiger charge is 2.17. The van der Waals surface area contributed by atoms with Gasteiger partial charge in [-0.2, -0.15) is 0 Å². The maximum absolute atomic E-state index is 5.75. The van der Waals surface area contributed by atoms with Crippen LogP contribution in [0.4, 0.5) is 0 Å². The smallest absolute Gasteiger partial charge is 0.248 e. The molecule has 0 amide bonds. The van der Waals surface area contributed by atoms with E-state index in [1.807, 2.05) is 60.7 Å². The molecule has 0 aliphatic carbocycles. The minimum absolute atomic E-state index is 0.110. The highest BCUT2D eigenvalue weighted by atomic mass is 79.9. The molecule has 6 heteroatoms. The van der Waals surface area contributed by atoms with Crippen LogP contribution in [-0.4, -0.2) is 10.2 Å². The number of rotatable bonds is 3. The van der Waals surface area contributed by atoms with Crippen molar-refractivity contribution in [3.63, 3.8) is 0 Å². The van der Waals surface area contributed by atoms with Crippen molar-refractivity contribution < 1.29 is 9.25 Å². The van der Waals surface area contributed by atoms with Crippen LogP contribution in [0.2, 0.25) is 0 Å². The average Bonchev–Trinajstić information content (AvgIpc) is 3.25. The van der Waals surface area contributed by atoms with E-state index in [2.05, 4.69) is 31.6 Å². The van der Waals surface area contributed by atoms with Crippen LogP contribution in [0.15, 0.2) is 69.7 Å². The topological polar surface area (TPSA) is 60.2 Å². The molecule has 0 saturated heterocycles. The van der Waals surface area contributed by atoms with Gasteiger partial charge in [-0.1, -0.05) is 30.3 Å². The van der Waals surface area contributed by atoms with Crippen molar-refractivity contribution >= 4 is 15.9 Å². The summed E-state index contributed by atoms with van der Waals surface area (Å²) >= 11 is 3.34. The Bertz CT molecular complexity index is 844. The lowest BCUT2D eigenvalue weighted by Gasteiger charge is -2.07. The van der Waals surface area contributed by atoms with Gasteiger partial charge in [0, 0.05) is 11.1 Å². The number of benzene rings is 2. The van der Waals surface area contributed by atoms with Gasteiger partial charge in [-0.25, -0.2) is 0 Å². The molecular weight excluding hydrogens is 358 g/mol. The molecule has 1 aromatic heterocycles. The summed E-state index contributed by atoms with van der Waals surface area (Å²) in [5, 5.41) is 8.23. The Morgan fingerprint density at radius 1 is 0.870 bits per heavy atom. The third-order valence-corrected chi connectivity index (χ3v) is 3.94. The zero-order valence-electron chi connectivity index (χ0n) is 11.9. The number of nitrogens with one attached hydrogen (secondary N) is 1. The Morgan fingerprint density at radius 3 is 2.13 bits per heavy atom. The van der Waals surface area contributed by atoms with Crippen LogP contribution in [0.3, 0.4) is 0 Å². The number of hydrogen-bond acceptors (Lipinski definition) is 5. The minimum Gasteiger partial charge on any atom is -0.416 e. The van der Waals surface area contributed by atoms with E-state index in [4.69, 9.17) is 9.25 Å². The summed E-state index contributed by atoms with van der Waals surface area (Å²) in [6.45, 7) is 0. The second-order valence-corrected chi connectivity index (χ2v) is 5.91. The van der Waals surface area contributed by atoms with Gasteiger partial charge in [0.2, 0.25) is 11.8 Å². The van der Waals surface area contributed by atoms with Crippen LogP contribution in [-0.2, 0) is 4.84 Å². The molecule has 0 bridgehead atoms. The van der Waals surface area contributed by atoms with Gasteiger partial charge in [0.15, 0.2) is 0 Å². The molecule has 2 heterocycles. The molecule has 2 aromatic carbocycles. The Kier molecular flexibility index (Phi) is 3.69. The predicted molar refractivity (Wildman–Crippen MR) is 89.1 cm³/mol. The molecule has 3 aromatic rings. The van der Waals surface area contributed by atoms with E-state index in [0.29, 0.717) is 11.8 Å². The first kappa shape index (κ1) is 14.2. The lowest BCUT2D eigenvalue weighted by Crippen LogP contribution is -2.05. The molecule has 0 unspecified atom stereocenters. The summed E-state index contributed by atoms with van der Waals surface area (Å²) in [6.07, 6.45) is 1.84. The van der Waals surface area contributed by atoms with Crippen molar-refractivity contribution in [2.75, 3.05) is 0 Å². The predicted octanol–water partition coefficient (Wildman–Crippen LogP) is 4.22. The largest absolute Gasteiger partial charge is 0.416 e. The van der Waals surface area contributed by atoms with Gasteiger partial charge in [0.1, 0.15) is 10.7 Å². The summed E-state index contributed by atoms with van der Waals surface area (Å²) in [4.78, 5) is 5.42. The van der Waals surface area contributed by atoms with Crippen LogP contribution < -0.4 is 5.48 Å². The van der Waals surface area contributed by atoms with Gasteiger partial charge in [-0.15, -0.1) is 10.2 Å². The van der Waals surface area contributed by atoms with Gasteiger partial charge in [-0.05, 0) is 51.8 Å². The third-order valence-electron chi connectivity index (χ3n) is 3.51. The van der Waals surface area contributed by atoms with Crippen molar-refractivity contribution in [3.8, 4) is 22.9 Å². The van der Waals surface area contributed by atoms with Gasteiger partial charge < -0.3 is 4.42 Å². The summed E-state index contributed by atoms with van der Waals surface area (Å²) < 4.78 is 6.58. The molecule has 114 valence electrons. The van der Waals surface area contributed by atoms with E-state index in [9.17, 15) is 0 Å². The van der Waals surface area contributed by atoms with E-state index in [1.165, 1.54) is 0 Å². The van der Waals surface area contributed by atoms with E-state index in [-0.39, 0.29) is 6.10 Å². The molecule has 5 nitrogen and oxygen atoms in total. The van der Waals surface area contributed by atoms with Crippen molar-refractivity contribution in [1.82, 2.24) is 15.7 Å². The molecule has 1 N–H and O–H groups in total. The maximum atomic E-state index is 5.75. The van der Waals surface area contributed by atoms with Gasteiger partial charge in [0.25, 0.3) is 0 Å². The SMILES string of the molecule is BrC1=C[C@H](c2ccc(-c3nnc(-c4ccccc4)o3)cc2)ON1. The van der Waals surface area contributed by atoms with Crippen molar-refractivity contribution in [3.05, 3.63) is 70.8 Å². The maximum Gasteiger partial charge on any atom is 0.248 e. The quantitative estimate of drug-likeness (QED) is 0.700. The van der Waals surface area contributed by atoms with Gasteiger partial charge in [0.05, 0.1) is 0 Å². The number of nitrogens with zero attached hydrogens (tertiary/aromatic N) is 2.